The molecule has 0 spiro atoms. The minimum atomic E-state index is -0.514. The average Bonchev–Trinajstić information content (AvgIpc) is 2.66. The van der Waals surface area contributed by atoms with Crippen LogP contribution in [0.3, 0.4) is 0 Å². The molecule has 78 valence electrons. The van der Waals surface area contributed by atoms with E-state index in [0.29, 0.717) is 5.69 Å². The monoisotopic (exact) mass is 220 g/mol. The molecule has 15 heavy (non-hydrogen) atoms. The van der Waals surface area contributed by atoms with Crippen LogP contribution in [0.1, 0.15) is 24.4 Å². The van der Waals surface area contributed by atoms with Crippen molar-refractivity contribution in [3.8, 4) is 10.7 Å². The summed E-state index contributed by atoms with van der Waals surface area (Å²) in [5, 5.41) is 12.1. The highest BCUT2D eigenvalue weighted by molar-refractivity contribution is 7.13. The van der Waals surface area contributed by atoms with Crippen molar-refractivity contribution in [2.45, 2.75) is 20.0 Å². The summed E-state index contributed by atoms with van der Waals surface area (Å²) < 4.78 is 0. The Kier molecular flexibility index (Phi) is 2.79. The largest absolute Gasteiger partial charge is 0.387 e. The van der Waals surface area contributed by atoms with Gasteiger partial charge in [0.2, 0.25) is 0 Å². The number of aliphatic hydroxyl groups excluding tert-OH is 1. The molecule has 2 aromatic heterocycles. The highest BCUT2D eigenvalue weighted by Crippen LogP contribution is 2.24. The second kappa shape index (κ2) is 4.08. The lowest BCUT2D eigenvalue weighted by Crippen LogP contribution is -1.91. The fraction of sp³-hybridized carbons (Fsp3) is 0.273. The molecule has 3 nitrogen and oxygen atoms in total. The number of aromatic nitrogens is 2. The van der Waals surface area contributed by atoms with Crippen LogP contribution in [-0.2, 0) is 0 Å². The summed E-state index contributed by atoms with van der Waals surface area (Å²) in [4.78, 5) is 8.71. The number of nitrogens with zero attached hydrogens (tertiary/aromatic N) is 2. The summed E-state index contributed by atoms with van der Waals surface area (Å²) in [7, 11) is 0. The van der Waals surface area contributed by atoms with Gasteiger partial charge in [0.05, 0.1) is 17.5 Å². The number of aliphatic hydroxyl groups is 1. The zero-order valence-electron chi connectivity index (χ0n) is 8.64. The van der Waals surface area contributed by atoms with E-state index in [4.69, 9.17) is 0 Å². The van der Waals surface area contributed by atoms with E-state index in [1.807, 2.05) is 30.5 Å². The fourth-order valence-corrected chi connectivity index (χ4v) is 2.13. The van der Waals surface area contributed by atoms with E-state index in [2.05, 4.69) is 9.97 Å². The standard InChI is InChI=1S/C11H12N2OS/c1-7-4-3-5-9(12-7)11-13-10(6-15-11)8(2)14/h3-6,8,14H,1-2H3. The van der Waals surface area contributed by atoms with Gasteiger partial charge in [-0.1, -0.05) is 6.07 Å². The van der Waals surface area contributed by atoms with Crippen molar-refractivity contribution < 1.29 is 5.11 Å². The molecule has 0 fully saturated rings. The Morgan fingerprint density at radius 1 is 1.33 bits per heavy atom. The van der Waals surface area contributed by atoms with Crippen LogP contribution in [0.4, 0.5) is 0 Å². The first-order valence-electron chi connectivity index (χ1n) is 4.74. The van der Waals surface area contributed by atoms with Crippen molar-refractivity contribution in [3.63, 3.8) is 0 Å². The average molecular weight is 220 g/mol. The van der Waals surface area contributed by atoms with E-state index in [9.17, 15) is 5.11 Å². The number of thiazole rings is 1. The zero-order valence-corrected chi connectivity index (χ0v) is 9.45. The lowest BCUT2D eigenvalue weighted by molar-refractivity contribution is 0.195. The van der Waals surface area contributed by atoms with E-state index in [-0.39, 0.29) is 0 Å². The molecule has 0 aliphatic rings. The number of pyridine rings is 1. The van der Waals surface area contributed by atoms with Crippen LogP contribution in [0, 0.1) is 6.92 Å². The second-order valence-electron chi connectivity index (χ2n) is 3.42. The van der Waals surface area contributed by atoms with Crippen molar-refractivity contribution >= 4 is 11.3 Å². The maximum absolute atomic E-state index is 9.36. The van der Waals surface area contributed by atoms with Gasteiger partial charge in [0, 0.05) is 11.1 Å². The van der Waals surface area contributed by atoms with Gasteiger partial charge in [0.25, 0.3) is 0 Å². The van der Waals surface area contributed by atoms with E-state index in [1.165, 1.54) is 11.3 Å². The van der Waals surface area contributed by atoms with E-state index in [0.717, 1.165) is 16.4 Å². The van der Waals surface area contributed by atoms with Gasteiger partial charge in [0.1, 0.15) is 5.01 Å². The Labute approximate surface area is 92.5 Å². The number of rotatable bonds is 2. The van der Waals surface area contributed by atoms with Crippen molar-refractivity contribution in [3.05, 3.63) is 35.0 Å². The number of hydrogen-bond acceptors (Lipinski definition) is 4. The summed E-state index contributed by atoms with van der Waals surface area (Å²) in [6.07, 6.45) is -0.514. The van der Waals surface area contributed by atoms with Crippen LogP contribution in [0.5, 0.6) is 0 Å². The summed E-state index contributed by atoms with van der Waals surface area (Å²) in [6.45, 7) is 3.66. The van der Waals surface area contributed by atoms with Crippen molar-refractivity contribution in [1.29, 1.82) is 0 Å². The molecule has 0 amide bonds. The first kappa shape index (κ1) is 10.3. The molecule has 4 heteroatoms. The molecule has 1 N–H and O–H groups in total. The van der Waals surface area contributed by atoms with Crippen LogP contribution >= 0.6 is 11.3 Å². The number of aryl methyl sites for hydroxylation is 1. The highest BCUT2D eigenvalue weighted by Gasteiger charge is 2.09. The van der Waals surface area contributed by atoms with E-state index >= 15 is 0 Å². The van der Waals surface area contributed by atoms with Gasteiger partial charge in [0.15, 0.2) is 0 Å². The van der Waals surface area contributed by atoms with Crippen LogP contribution in [0.25, 0.3) is 10.7 Å². The third-order valence-electron chi connectivity index (χ3n) is 2.06. The van der Waals surface area contributed by atoms with Gasteiger partial charge < -0.3 is 5.11 Å². The Morgan fingerprint density at radius 2 is 2.13 bits per heavy atom. The van der Waals surface area contributed by atoms with Crippen molar-refractivity contribution in [1.82, 2.24) is 9.97 Å². The SMILES string of the molecule is Cc1cccc(-c2nc(C(C)O)cs2)n1. The summed E-state index contributed by atoms with van der Waals surface area (Å²) in [5.41, 5.74) is 2.55. The van der Waals surface area contributed by atoms with Gasteiger partial charge in [-0.3, -0.25) is 4.98 Å². The molecule has 0 saturated heterocycles. The molecule has 0 saturated carbocycles. The normalized spacial score (nSPS) is 12.7. The van der Waals surface area contributed by atoms with Crippen LogP contribution in [0.2, 0.25) is 0 Å². The predicted molar refractivity (Wildman–Crippen MR) is 60.7 cm³/mol. The first-order chi connectivity index (χ1) is 7.16. The van der Waals surface area contributed by atoms with Gasteiger partial charge >= 0.3 is 0 Å². The molecule has 0 aromatic carbocycles. The zero-order chi connectivity index (χ0) is 10.8. The minimum absolute atomic E-state index is 0.514. The number of hydrogen-bond donors (Lipinski definition) is 1. The molecule has 2 aromatic rings. The Bertz CT molecular complexity index is 465. The lowest BCUT2D eigenvalue weighted by Gasteiger charge is -1.98. The Morgan fingerprint density at radius 3 is 2.73 bits per heavy atom. The second-order valence-corrected chi connectivity index (χ2v) is 4.28. The molecule has 0 aliphatic heterocycles. The maximum atomic E-state index is 9.36. The third kappa shape index (κ3) is 2.22. The first-order valence-corrected chi connectivity index (χ1v) is 5.62. The molecular weight excluding hydrogens is 208 g/mol. The van der Waals surface area contributed by atoms with Crippen LogP contribution < -0.4 is 0 Å². The molecule has 1 atom stereocenters. The molecule has 2 heterocycles. The summed E-state index contributed by atoms with van der Waals surface area (Å²) >= 11 is 1.51. The quantitative estimate of drug-likeness (QED) is 0.846. The Hall–Kier alpha value is -1.26. The molecule has 1 unspecified atom stereocenters. The molecule has 0 radical (unpaired) electrons. The smallest absolute Gasteiger partial charge is 0.142 e. The maximum Gasteiger partial charge on any atom is 0.142 e. The summed E-state index contributed by atoms with van der Waals surface area (Å²) in [6, 6.07) is 5.84. The van der Waals surface area contributed by atoms with E-state index in [1.54, 1.807) is 6.92 Å². The summed E-state index contributed by atoms with van der Waals surface area (Å²) in [5.74, 6) is 0. The lowest BCUT2D eigenvalue weighted by atomic mass is 10.3. The molecular formula is C11H12N2OS. The van der Waals surface area contributed by atoms with Gasteiger partial charge in [-0.15, -0.1) is 11.3 Å². The van der Waals surface area contributed by atoms with Crippen LogP contribution in [0.15, 0.2) is 23.6 Å². The van der Waals surface area contributed by atoms with E-state index < -0.39 is 6.10 Å². The molecule has 2 rings (SSSR count). The third-order valence-corrected chi connectivity index (χ3v) is 2.94. The molecule has 0 bridgehead atoms. The van der Waals surface area contributed by atoms with Crippen LogP contribution in [-0.4, -0.2) is 15.1 Å². The topological polar surface area (TPSA) is 46.0 Å². The minimum Gasteiger partial charge on any atom is -0.387 e. The highest BCUT2D eigenvalue weighted by atomic mass is 32.1. The fourth-order valence-electron chi connectivity index (χ4n) is 1.26. The predicted octanol–water partition coefficient (Wildman–Crippen LogP) is 2.57. The van der Waals surface area contributed by atoms with Gasteiger partial charge in [-0.25, -0.2) is 4.98 Å². The Balaban J connectivity index is 2.37. The van der Waals surface area contributed by atoms with Crippen molar-refractivity contribution in [2.75, 3.05) is 0 Å². The van der Waals surface area contributed by atoms with Gasteiger partial charge in [-0.05, 0) is 26.0 Å². The molecule has 0 aliphatic carbocycles. The van der Waals surface area contributed by atoms with Gasteiger partial charge in [-0.2, -0.15) is 0 Å². The van der Waals surface area contributed by atoms with Crippen molar-refractivity contribution in [2.24, 2.45) is 0 Å².